The molecule has 1 amide bonds. The van der Waals surface area contributed by atoms with Gasteiger partial charge in [-0.25, -0.2) is 8.42 Å². The fraction of sp³-hybridized carbons (Fsp3) is 0.235. The van der Waals surface area contributed by atoms with E-state index in [0.717, 1.165) is 11.1 Å². The molecule has 0 bridgehead atoms. The number of sulfonamides is 1. The second-order valence-electron chi connectivity index (χ2n) is 5.68. The lowest BCUT2D eigenvalue weighted by molar-refractivity contribution is -0.127. The lowest BCUT2D eigenvalue weighted by atomic mass is 10.1. The predicted octanol–water partition coefficient (Wildman–Crippen LogP) is 3.39. The van der Waals surface area contributed by atoms with E-state index in [0.29, 0.717) is 15.8 Å². The summed E-state index contributed by atoms with van der Waals surface area (Å²) < 4.78 is 30.0. The van der Waals surface area contributed by atoms with Crippen molar-refractivity contribution in [2.24, 2.45) is 0 Å². The number of halogens is 2. The van der Waals surface area contributed by atoms with E-state index in [-0.39, 0.29) is 4.90 Å². The molecule has 0 saturated heterocycles. The van der Waals surface area contributed by atoms with Gasteiger partial charge in [0.05, 0.1) is 4.90 Å². The van der Waals surface area contributed by atoms with E-state index in [1.54, 1.807) is 12.1 Å². The highest BCUT2D eigenvalue weighted by molar-refractivity contribution is 7.89. The number of ether oxygens (including phenoxy) is 1. The number of carbonyl (C=O) groups excluding carboxylic acids is 1. The van der Waals surface area contributed by atoms with Crippen molar-refractivity contribution in [1.29, 1.82) is 0 Å². The summed E-state index contributed by atoms with van der Waals surface area (Å²) in [5.41, 5.74) is 3.69. The second-order valence-corrected chi connectivity index (χ2v) is 8.23. The summed E-state index contributed by atoms with van der Waals surface area (Å²) in [6, 6.07) is 8.98. The van der Waals surface area contributed by atoms with Gasteiger partial charge in [-0.05, 0) is 68.3 Å². The second kappa shape index (κ2) is 8.26. The van der Waals surface area contributed by atoms with Gasteiger partial charge in [0.25, 0.3) is 15.9 Å². The molecule has 2 aromatic rings. The SMILES string of the molecule is Cc1cc(Cl)cc(C)c1O[C@@H](C)C(=O)NNS(=O)(=O)c1ccc(Cl)cc1. The van der Waals surface area contributed by atoms with Crippen LogP contribution in [0.3, 0.4) is 0 Å². The minimum Gasteiger partial charge on any atom is -0.480 e. The zero-order valence-electron chi connectivity index (χ0n) is 14.3. The summed E-state index contributed by atoms with van der Waals surface area (Å²) in [4.78, 5) is 14.2. The van der Waals surface area contributed by atoms with Crippen molar-refractivity contribution in [3.8, 4) is 5.75 Å². The van der Waals surface area contributed by atoms with Crippen molar-refractivity contribution in [2.45, 2.75) is 31.8 Å². The number of carbonyl (C=O) groups is 1. The van der Waals surface area contributed by atoms with Crippen LogP contribution >= 0.6 is 23.2 Å². The Morgan fingerprint density at radius 2 is 1.58 bits per heavy atom. The van der Waals surface area contributed by atoms with E-state index < -0.39 is 22.0 Å². The average molecular weight is 417 g/mol. The van der Waals surface area contributed by atoms with E-state index in [2.05, 4.69) is 5.43 Å². The molecule has 6 nitrogen and oxygen atoms in total. The third kappa shape index (κ3) is 5.11. The Labute approximate surface area is 162 Å². The topological polar surface area (TPSA) is 84.5 Å². The third-order valence-electron chi connectivity index (χ3n) is 3.52. The van der Waals surface area contributed by atoms with Crippen LogP contribution in [0.5, 0.6) is 5.75 Å². The molecule has 2 N–H and O–H groups in total. The fourth-order valence-corrected chi connectivity index (χ4v) is 3.51. The lowest BCUT2D eigenvalue weighted by Gasteiger charge is -2.18. The van der Waals surface area contributed by atoms with E-state index >= 15 is 0 Å². The Morgan fingerprint density at radius 1 is 1.04 bits per heavy atom. The highest BCUT2D eigenvalue weighted by Crippen LogP contribution is 2.27. The Hall–Kier alpha value is -1.80. The third-order valence-corrected chi connectivity index (χ3v) is 5.26. The number of nitrogens with one attached hydrogen (secondary N) is 2. The van der Waals surface area contributed by atoms with Gasteiger partial charge >= 0.3 is 0 Å². The van der Waals surface area contributed by atoms with Gasteiger partial charge < -0.3 is 4.74 Å². The molecule has 140 valence electrons. The van der Waals surface area contributed by atoms with E-state index in [9.17, 15) is 13.2 Å². The Bertz CT molecular complexity index is 892. The molecule has 0 aliphatic heterocycles. The predicted molar refractivity (Wildman–Crippen MR) is 101 cm³/mol. The first-order chi connectivity index (χ1) is 12.1. The van der Waals surface area contributed by atoms with Crippen LogP contribution in [0.25, 0.3) is 0 Å². The average Bonchev–Trinajstić information content (AvgIpc) is 2.56. The molecule has 0 aromatic heterocycles. The molecule has 2 aromatic carbocycles. The fourth-order valence-electron chi connectivity index (χ4n) is 2.21. The number of aryl methyl sites for hydroxylation is 2. The first kappa shape index (κ1) is 20.5. The minimum absolute atomic E-state index is 0.0276. The lowest BCUT2D eigenvalue weighted by Crippen LogP contribution is -2.47. The van der Waals surface area contributed by atoms with Crippen LogP contribution in [0, 0.1) is 13.8 Å². The maximum Gasteiger partial charge on any atom is 0.275 e. The summed E-state index contributed by atoms with van der Waals surface area (Å²) in [7, 11) is -3.91. The molecule has 0 unspecified atom stereocenters. The highest BCUT2D eigenvalue weighted by Gasteiger charge is 2.20. The summed E-state index contributed by atoms with van der Waals surface area (Å²) >= 11 is 11.7. The van der Waals surface area contributed by atoms with E-state index in [4.69, 9.17) is 27.9 Å². The number of amides is 1. The van der Waals surface area contributed by atoms with Gasteiger partial charge in [-0.2, -0.15) is 0 Å². The molecule has 2 rings (SSSR count). The van der Waals surface area contributed by atoms with Crippen molar-refractivity contribution < 1.29 is 17.9 Å². The van der Waals surface area contributed by atoms with Crippen molar-refractivity contribution in [1.82, 2.24) is 10.3 Å². The van der Waals surface area contributed by atoms with Crippen molar-refractivity contribution in [2.75, 3.05) is 0 Å². The zero-order valence-corrected chi connectivity index (χ0v) is 16.7. The number of rotatable bonds is 6. The molecule has 0 heterocycles. The molecule has 9 heteroatoms. The molecule has 0 aliphatic carbocycles. The first-order valence-corrected chi connectivity index (χ1v) is 9.84. The maximum absolute atomic E-state index is 12.2. The number of benzene rings is 2. The molecule has 0 radical (unpaired) electrons. The van der Waals surface area contributed by atoms with Gasteiger partial charge in [-0.1, -0.05) is 23.2 Å². The van der Waals surface area contributed by atoms with Crippen molar-refractivity contribution in [3.63, 3.8) is 0 Å². The number of hydrazine groups is 1. The van der Waals surface area contributed by atoms with Gasteiger partial charge in [0.1, 0.15) is 5.75 Å². The molecule has 0 spiro atoms. The largest absolute Gasteiger partial charge is 0.480 e. The smallest absolute Gasteiger partial charge is 0.275 e. The summed E-state index contributed by atoms with van der Waals surface area (Å²) in [6.07, 6.45) is -0.929. The van der Waals surface area contributed by atoms with Crippen LogP contribution in [-0.4, -0.2) is 20.4 Å². The first-order valence-electron chi connectivity index (χ1n) is 7.61. The Morgan fingerprint density at radius 3 is 2.12 bits per heavy atom. The summed E-state index contributed by atoms with van der Waals surface area (Å²) in [6.45, 7) is 5.13. The highest BCUT2D eigenvalue weighted by atomic mass is 35.5. The molecular weight excluding hydrogens is 399 g/mol. The molecule has 0 aliphatic rings. The van der Waals surface area contributed by atoms with E-state index in [1.165, 1.54) is 31.2 Å². The molecule has 1 atom stereocenters. The van der Waals surface area contributed by atoms with Crippen LogP contribution in [0.1, 0.15) is 18.1 Å². The van der Waals surface area contributed by atoms with Gasteiger partial charge in [-0.3, -0.25) is 10.2 Å². The Kier molecular flexibility index (Phi) is 6.52. The van der Waals surface area contributed by atoms with Gasteiger partial charge in [0, 0.05) is 10.0 Å². The van der Waals surface area contributed by atoms with Crippen LogP contribution in [0.15, 0.2) is 41.3 Å². The summed E-state index contributed by atoms with van der Waals surface area (Å²) in [5, 5.41) is 0.976. The van der Waals surface area contributed by atoms with Crippen LogP contribution in [0.2, 0.25) is 10.0 Å². The van der Waals surface area contributed by atoms with E-state index in [1.807, 2.05) is 18.7 Å². The Balaban J connectivity index is 2.02. The molecule has 0 fully saturated rings. The normalized spacial score (nSPS) is 12.5. The number of hydrogen-bond acceptors (Lipinski definition) is 4. The van der Waals surface area contributed by atoms with Crippen LogP contribution in [0.4, 0.5) is 0 Å². The monoisotopic (exact) mass is 416 g/mol. The standard InChI is InChI=1S/C17H18Cl2N2O4S/c1-10-8-14(19)9-11(2)16(10)25-12(3)17(22)20-21-26(23,24)15-6-4-13(18)5-7-15/h4-9,12,21H,1-3H3,(H,20,22)/t12-/m0/s1. The molecule has 26 heavy (non-hydrogen) atoms. The quantitative estimate of drug-likeness (QED) is 0.706. The zero-order chi connectivity index (χ0) is 19.5. The summed E-state index contributed by atoms with van der Waals surface area (Å²) in [5.74, 6) is -0.117. The minimum atomic E-state index is -3.91. The van der Waals surface area contributed by atoms with Crippen LogP contribution < -0.4 is 15.0 Å². The van der Waals surface area contributed by atoms with Crippen LogP contribution in [-0.2, 0) is 14.8 Å². The number of hydrogen-bond donors (Lipinski definition) is 2. The van der Waals surface area contributed by atoms with Gasteiger partial charge in [0.2, 0.25) is 0 Å². The van der Waals surface area contributed by atoms with Gasteiger partial charge in [-0.15, -0.1) is 4.83 Å². The maximum atomic E-state index is 12.2. The molecule has 0 saturated carbocycles. The van der Waals surface area contributed by atoms with Crippen molar-refractivity contribution >= 4 is 39.1 Å². The van der Waals surface area contributed by atoms with Gasteiger partial charge in [0.15, 0.2) is 6.10 Å². The van der Waals surface area contributed by atoms with Crippen molar-refractivity contribution in [3.05, 3.63) is 57.6 Å². The molecular formula is C17H18Cl2N2O4S.